The Bertz CT molecular complexity index is 874. The Morgan fingerprint density at radius 1 is 1.11 bits per heavy atom. The third-order valence-corrected chi connectivity index (χ3v) is 4.68. The summed E-state index contributed by atoms with van der Waals surface area (Å²) >= 11 is 6.04. The number of ether oxygens (including phenoxy) is 2. The monoisotopic (exact) mass is 404 g/mol. The first kappa shape index (κ1) is 20.0. The third-order valence-electron chi connectivity index (χ3n) is 4.35. The average Bonchev–Trinajstić information content (AvgIpc) is 3.11. The minimum absolute atomic E-state index is 0.145. The number of quaternary nitrogens is 1. The standard InChI is InChI=1S/C20H22ClN3O4/c1-13(14-7-8-17-18(9-14)28-12-27-17)22-19(25)10-24(2)11-20(26)23-16-6-4-3-5-15(16)21/h3-9,13H,10-12H2,1-2H3,(H,22,25)(H,23,26)/p+1/t13-/m0/s1. The Morgan fingerprint density at radius 2 is 1.82 bits per heavy atom. The number of rotatable bonds is 7. The van der Waals surface area contributed by atoms with Crippen molar-refractivity contribution in [2.75, 3.05) is 32.2 Å². The fourth-order valence-corrected chi connectivity index (χ4v) is 3.11. The number of amides is 2. The molecule has 1 aliphatic rings. The molecule has 148 valence electrons. The maximum absolute atomic E-state index is 12.3. The molecular formula is C20H23ClN3O4+. The molecule has 0 aliphatic carbocycles. The van der Waals surface area contributed by atoms with E-state index in [-0.39, 0.29) is 37.7 Å². The smallest absolute Gasteiger partial charge is 0.279 e. The highest BCUT2D eigenvalue weighted by Crippen LogP contribution is 2.34. The summed E-state index contributed by atoms with van der Waals surface area (Å²) in [6.45, 7) is 2.43. The first-order chi connectivity index (χ1) is 13.4. The van der Waals surface area contributed by atoms with Crippen LogP contribution in [0.3, 0.4) is 0 Å². The van der Waals surface area contributed by atoms with E-state index >= 15 is 0 Å². The first-order valence-electron chi connectivity index (χ1n) is 8.97. The summed E-state index contributed by atoms with van der Waals surface area (Å²) in [6, 6.07) is 12.4. The molecule has 0 radical (unpaired) electrons. The lowest BCUT2D eigenvalue weighted by molar-refractivity contribution is -0.862. The lowest BCUT2D eigenvalue weighted by Gasteiger charge is -2.17. The molecule has 8 heteroatoms. The lowest BCUT2D eigenvalue weighted by atomic mass is 10.1. The van der Waals surface area contributed by atoms with E-state index in [1.807, 2.05) is 25.1 Å². The van der Waals surface area contributed by atoms with Crippen molar-refractivity contribution in [1.82, 2.24) is 5.32 Å². The number of nitrogens with one attached hydrogen (secondary N) is 3. The van der Waals surface area contributed by atoms with Crippen LogP contribution in [-0.2, 0) is 9.59 Å². The average molecular weight is 405 g/mol. The van der Waals surface area contributed by atoms with Gasteiger partial charge in [0.2, 0.25) is 6.79 Å². The highest BCUT2D eigenvalue weighted by Gasteiger charge is 2.19. The molecule has 2 aromatic rings. The molecule has 1 aliphatic heterocycles. The van der Waals surface area contributed by atoms with E-state index in [0.717, 1.165) is 10.5 Å². The molecule has 7 nitrogen and oxygen atoms in total. The molecule has 2 atom stereocenters. The normalized spacial score (nSPS) is 14.2. The maximum atomic E-state index is 12.3. The number of hydrogen-bond donors (Lipinski definition) is 3. The van der Waals surface area contributed by atoms with E-state index < -0.39 is 0 Å². The Hall–Kier alpha value is -2.77. The number of fused-ring (bicyclic) bond motifs is 1. The molecule has 1 heterocycles. The predicted octanol–water partition coefficient (Wildman–Crippen LogP) is 1.40. The number of halogens is 1. The number of likely N-dealkylation sites (N-methyl/N-ethyl adjacent to an activating group) is 1. The van der Waals surface area contributed by atoms with Gasteiger partial charge >= 0.3 is 0 Å². The third kappa shape index (κ3) is 5.15. The van der Waals surface area contributed by atoms with Crippen molar-refractivity contribution in [2.45, 2.75) is 13.0 Å². The van der Waals surface area contributed by atoms with Crippen molar-refractivity contribution in [1.29, 1.82) is 0 Å². The quantitative estimate of drug-likeness (QED) is 0.651. The number of para-hydroxylation sites is 1. The van der Waals surface area contributed by atoms with Gasteiger partial charge in [0.1, 0.15) is 0 Å². The summed E-state index contributed by atoms with van der Waals surface area (Å²) < 4.78 is 10.7. The second-order valence-electron chi connectivity index (χ2n) is 6.74. The Labute approximate surface area is 168 Å². The Balaban J connectivity index is 1.47. The molecular weight excluding hydrogens is 382 g/mol. The van der Waals surface area contributed by atoms with E-state index in [1.165, 1.54) is 0 Å². The Morgan fingerprint density at radius 3 is 2.61 bits per heavy atom. The van der Waals surface area contributed by atoms with Crippen molar-refractivity contribution in [3.05, 3.63) is 53.1 Å². The minimum Gasteiger partial charge on any atom is -0.454 e. The van der Waals surface area contributed by atoms with Crippen LogP contribution in [0, 0.1) is 0 Å². The molecule has 0 bridgehead atoms. The minimum atomic E-state index is -0.206. The first-order valence-corrected chi connectivity index (χ1v) is 9.35. The van der Waals surface area contributed by atoms with E-state index in [4.69, 9.17) is 21.1 Å². The maximum Gasteiger partial charge on any atom is 0.279 e. The van der Waals surface area contributed by atoms with E-state index in [9.17, 15) is 9.59 Å². The van der Waals surface area contributed by atoms with Crippen molar-refractivity contribution in [3.8, 4) is 11.5 Å². The number of benzene rings is 2. The van der Waals surface area contributed by atoms with Crippen LogP contribution in [0.4, 0.5) is 5.69 Å². The van der Waals surface area contributed by atoms with Gasteiger partial charge in [0, 0.05) is 0 Å². The van der Waals surface area contributed by atoms with Crippen LogP contribution >= 0.6 is 11.6 Å². The summed E-state index contributed by atoms with van der Waals surface area (Å²) in [6.07, 6.45) is 0. The highest BCUT2D eigenvalue weighted by molar-refractivity contribution is 6.33. The van der Waals surface area contributed by atoms with Crippen LogP contribution in [-0.4, -0.2) is 38.7 Å². The summed E-state index contributed by atoms with van der Waals surface area (Å²) in [7, 11) is 1.79. The lowest BCUT2D eigenvalue weighted by Crippen LogP contribution is -3.11. The SMILES string of the molecule is C[C@H](NC(=O)C[NH+](C)CC(=O)Nc1ccccc1Cl)c1ccc2c(c1)OCO2. The summed E-state index contributed by atoms with van der Waals surface area (Å²) in [5.74, 6) is 1.03. The molecule has 2 amide bonds. The fraction of sp³-hybridized carbons (Fsp3) is 0.300. The van der Waals surface area contributed by atoms with Gasteiger partial charge in [0.25, 0.3) is 11.8 Å². The summed E-state index contributed by atoms with van der Waals surface area (Å²) in [5, 5.41) is 6.17. The van der Waals surface area contributed by atoms with Gasteiger partial charge < -0.3 is 25.0 Å². The van der Waals surface area contributed by atoms with Crippen LogP contribution in [0.25, 0.3) is 0 Å². The van der Waals surface area contributed by atoms with Crippen molar-refractivity contribution in [3.63, 3.8) is 0 Å². The zero-order valence-corrected chi connectivity index (χ0v) is 16.5. The topological polar surface area (TPSA) is 81.1 Å². The van der Waals surface area contributed by atoms with E-state index in [0.29, 0.717) is 22.2 Å². The van der Waals surface area contributed by atoms with Crippen LogP contribution in [0.15, 0.2) is 42.5 Å². The highest BCUT2D eigenvalue weighted by atomic mass is 35.5. The van der Waals surface area contributed by atoms with Gasteiger partial charge in [-0.2, -0.15) is 0 Å². The molecule has 28 heavy (non-hydrogen) atoms. The van der Waals surface area contributed by atoms with Gasteiger partial charge in [0.15, 0.2) is 24.6 Å². The van der Waals surface area contributed by atoms with Crippen LogP contribution in [0.2, 0.25) is 5.02 Å². The Kier molecular flexibility index (Phi) is 6.38. The predicted molar refractivity (Wildman–Crippen MR) is 106 cm³/mol. The molecule has 3 N–H and O–H groups in total. The van der Waals surface area contributed by atoms with Crippen molar-refractivity contribution < 1.29 is 24.0 Å². The molecule has 0 fully saturated rings. The van der Waals surface area contributed by atoms with Gasteiger partial charge in [-0.3, -0.25) is 9.59 Å². The van der Waals surface area contributed by atoms with Gasteiger partial charge in [-0.1, -0.05) is 29.8 Å². The second-order valence-corrected chi connectivity index (χ2v) is 7.15. The molecule has 3 rings (SSSR count). The molecule has 0 aromatic heterocycles. The summed E-state index contributed by atoms with van der Waals surface area (Å²) in [5.41, 5.74) is 1.48. The van der Waals surface area contributed by atoms with Gasteiger partial charge in [-0.25, -0.2) is 0 Å². The number of anilines is 1. The molecule has 0 saturated carbocycles. The second kappa shape index (κ2) is 8.95. The van der Waals surface area contributed by atoms with Crippen LogP contribution < -0.4 is 25.0 Å². The number of hydrogen-bond acceptors (Lipinski definition) is 4. The van der Waals surface area contributed by atoms with Gasteiger partial charge in [-0.05, 0) is 36.8 Å². The zero-order chi connectivity index (χ0) is 20.1. The van der Waals surface area contributed by atoms with Crippen LogP contribution in [0.1, 0.15) is 18.5 Å². The van der Waals surface area contributed by atoms with E-state index in [1.54, 1.807) is 31.3 Å². The van der Waals surface area contributed by atoms with E-state index in [2.05, 4.69) is 10.6 Å². The van der Waals surface area contributed by atoms with Crippen molar-refractivity contribution >= 4 is 29.1 Å². The molecule has 0 spiro atoms. The largest absolute Gasteiger partial charge is 0.454 e. The molecule has 2 aromatic carbocycles. The van der Waals surface area contributed by atoms with Crippen molar-refractivity contribution in [2.24, 2.45) is 0 Å². The van der Waals surface area contributed by atoms with Gasteiger partial charge in [-0.15, -0.1) is 0 Å². The number of carbonyl (C=O) groups is 2. The van der Waals surface area contributed by atoms with Crippen LogP contribution in [0.5, 0.6) is 11.5 Å². The summed E-state index contributed by atoms with van der Waals surface area (Å²) in [4.78, 5) is 25.2. The molecule has 1 unspecified atom stereocenters. The molecule has 0 saturated heterocycles. The number of carbonyl (C=O) groups excluding carboxylic acids is 2. The fourth-order valence-electron chi connectivity index (χ4n) is 2.93. The zero-order valence-electron chi connectivity index (χ0n) is 15.8. The van der Waals surface area contributed by atoms with Gasteiger partial charge in [0.05, 0.1) is 23.8 Å².